The molecule has 0 radical (unpaired) electrons. The van der Waals surface area contributed by atoms with Crippen LogP contribution in [0.1, 0.15) is 6.92 Å². The first-order valence-electron chi connectivity index (χ1n) is 6.94. The van der Waals surface area contributed by atoms with Crippen molar-refractivity contribution in [2.24, 2.45) is 0 Å². The van der Waals surface area contributed by atoms with Crippen LogP contribution in [0.2, 0.25) is 0 Å². The first-order chi connectivity index (χ1) is 11.4. The molecule has 3 nitrogen and oxygen atoms in total. The third-order valence-electron chi connectivity index (χ3n) is 3.15. The van der Waals surface area contributed by atoms with Crippen LogP contribution < -0.4 is 10.3 Å². The number of aromatic nitrogens is 1. The third kappa shape index (κ3) is 4.20. The lowest BCUT2D eigenvalue weighted by Gasteiger charge is -2.14. The maximum absolute atomic E-state index is 14.4. The van der Waals surface area contributed by atoms with Crippen molar-refractivity contribution in [3.05, 3.63) is 51.0 Å². The fraction of sp³-hybridized carbons (Fsp3) is 0.235. The molecule has 1 aromatic carbocycles. The Bertz CT molecular complexity index is 853. The molecule has 0 N–H and O–H groups in total. The highest BCUT2D eigenvalue weighted by Crippen LogP contribution is 2.27. The van der Waals surface area contributed by atoms with E-state index < -0.39 is 24.3 Å². The summed E-state index contributed by atoms with van der Waals surface area (Å²) in [5.41, 5.74) is -0.541. The average Bonchev–Trinajstić information content (AvgIpc) is 2.53. The van der Waals surface area contributed by atoms with E-state index in [2.05, 4.69) is 27.8 Å². The number of pyridine rings is 1. The quantitative estimate of drug-likeness (QED) is 0.709. The Balaban J connectivity index is 2.46. The van der Waals surface area contributed by atoms with Gasteiger partial charge in [-0.3, -0.25) is 4.79 Å². The minimum Gasteiger partial charge on any atom is -0.481 e. The van der Waals surface area contributed by atoms with Crippen LogP contribution in [0.25, 0.3) is 11.3 Å². The summed E-state index contributed by atoms with van der Waals surface area (Å²) >= 11 is 3.00. The zero-order chi connectivity index (χ0) is 17.7. The number of hydrogen-bond donors (Lipinski definition) is 0. The molecule has 7 heteroatoms. The molecule has 0 atom stereocenters. The van der Waals surface area contributed by atoms with Crippen molar-refractivity contribution in [2.45, 2.75) is 19.9 Å². The maximum atomic E-state index is 14.4. The predicted molar refractivity (Wildman–Crippen MR) is 88.7 cm³/mol. The Morgan fingerprint density at radius 3 is 2.67 bits per heavy atom. The van der Waals surface area contributed by atoms with Crippen LogP contribution >= 0.6 is 15.9 Å². The Labute approximate surface area is 145 Å². The molecule has 2 aromatic rings. The molecule has 126 valence electrons. The van der Waals surface area contributed by atoms with Crippen LogP contribution in [-0.2, 0) is 6.54 Å². The van der Waals surface area contributed by atoms with E-state index in [1.54, 1.807) is 6.92 Å². The molecular formula is C17H13BrF3NO2. The van der Waals surface area contributed by atoms with Gasteiger partial charge in [-0.15, -0.1) is 5.92 Å². The SMILES string of the molecule is CC#CCOc1ccc(-c2ccc(Br)c(=O)n2CC(F)F)c(F)c1. The molecule has 0 aliphatic carbocycles. The van der Waals surface area contributed by atoms with E-state index in [0.717, 1.165) is 10.6 Å². The summed E-state index contributed by atoms with van der Waals surface area (Å²) in [6, 6.07) is 6.82. The van der Waals surface area contributed by atoms with E-state index in [0.29, 0.717) is 0 Å². The fourth-order valence-electron chi connectivity index (χ4n) is 2.09. The van der Waals surface area contributed by atoms with Crippen molar-refractivity contribution in [1.29, 1.82) is 0 Å². The highest BCUT2D eigenvalue weighted by molar-refractivity contribution is 9.10. The summed E-state index contributed by atoms with van der Waals surface area (Å²) in [4.78, 5) is 12.1. The van der Waals surface area contributed by atoms with Crippen molar-refractivity contribution >= 4 is 15.9 Å². The first-order valence-corrected chi connectivity index (χ1v) is 7.73. The molecule has 0 saturated heterocycles. The largest absolute Gasteiger partial charge is 0.481 e. The van der Waals surface area contributed by atoms with Crippen molar-refractivity contribution in [2.75, 3.05) is 6.61 Å². The molecule has 0 fully saturated rings. The molecule has 24 heavy (non-hydrogen) atoms. The minimum atomic E-state index is -2.74. The van der Waals surface area contributed by atoms with Gasteiger partial charge in [0.05, 0.1) is 16.7 Å². The standard InChI is InChI=1S/C17H13BrF3NO2/c1-2-3-8-24-11-4-5-12(14(19)9-11)15-7-6-13(18)17(23)22(15)10-16(20)21/h4-7,9,16H,8,10H2,1H3. The molecule has 0 spiro atoms. The van der Waals surface area contributed by atoms with Gasteiger partial charge in [-0.2, -0.15) is 0 Å². The van der Waals surface area contributed by atoms with Gasteiger partial charge in [-0.05, 0) is 47.1 Å². The van der Waals surface area contributed by atoms with Crippen molar-refractivity contribution in [3.63, 3.8) is 0 Å². The summed E-state index contributed by atoms with van der Waals surface area (Å²) in [5.74, 6) is 4.91. The summed E-state index contributed by atoms with van der Waals surface area (Å²) in [5, 5.41) is 0. The molecule has 1 heterocycles. The van der Waals surface area contributed by atoms with E-state index in [4.69, 9.17) is 4.74 Å². The van der Waals surface area contributed by atoms with Crippen molar-refractivity contribution in [1.82, 2.24) is 4.57 Å². The van der Waals surface area contributed by atoms with Gasteiger partial charge in [-0.25, -0.2) is 13.2 Å². The lowest BCUT2D eigenvalue weighted by Crippen LogP contribution is -2.25. The number of ether oxygens (including phenoxy) is 1. The number of nitrogens with zero attached hydrogens (tertiary/aromatic N) is 1. The highest BCUT2D eigenvalue weighted by Gasteiger charge is 2.16. The topological polar surface area (TPSA) is 31.2 Å². The summed E-state index contributed by atoms with van der Waals surface area (Å²) in [7, 11) is 0. The van der Waals surface area contributed by atoms with Gasteiger partial charge in [0, 0.05) is 11.6 Å². The maximum Gasteiger partial charge on any atom is 0.265 e. The van der Waals surface area contributed by atoms with Gasteiger partial charge in [0.25, 0.3) is 12.0 Å². The van der Waals surface area contributed by atoms with Gasteiger partial charge in [0.2, 0.25) is 0 Å². The van der Waals surface area contributed by atoms with E-state index in [1.807, 2.05) is 0 Å². The predicted octanol–water partition coefficient (Wildman–Crippen LogP) is 4.08. The molecule has 1 aromatic heterocycles. The van der Waals surface area contributed by atoms with Crippen molar-refractivity contribution in [3.8, 4) is 28.8 Å². The lowest BCUT2D eigenvalue weighted by atomic mass is 10.1. The second-order valence-electron chi connectivity index (χ2n) is 4.73. The second kappa shape index (κ2) is 8.06. The molecule has 2 rings (SSSR count). The molecule has 0 aliphatic rings. The van der Waals surface area contributed by atoms with Gasteiger partial charge in [-0.1, -0.05) is 5.92 Å². The number of rotatable bonds is 5. The average molecular weight is 400 g/mol. The second-order valence-corrected chi connectivity index (χ2v) is 5.58. The van der Waals surface area contributed by atoms with Crippen molar-refractivity contribution < 1.29 is 17.9 Å². The van der Waals surface area contributed by atoms with Crippen LogP contribution in [0.3, 0.4) is 0 Å². The normalized spacial score (nSPS) is 10.4. The molecule has 0 bridgehead atoms. The number of alkyl halides is 2. The van der Waals surface area contributed by atoms with Crippen LogP contribution in [0, 0.1) is 17.7 Å². The zero-order valence-corrected chi connectivity index (χ0v) is 14.2. The first kappa shape index (κ1) is 18.1. The fourth-order valence-corrected chi connectivity index (χ4v) is 2.44. The monoisotopic (exact) mass is 399 g/mol. The Kier molecular flexibility index (Phi) is 6.10. The third-order valence-corrected chi connectivity index (χ3v) is 3.76. The number of hydrogen-bond acceptors (Lipinski definition) is 2. The smallest absolute Gasteiger partial charge is 0.265 e. The lowest BCUT2D eigenvalue weighted by molar-refractivity contribution is 0.125. The molecule has 0 aliphatic heterocycles. The van der Waals surface area contributed by atoms with E-state index in [1.165, 1.54) is 24.3 Å². The number of halogens is 4. The number of benzene rings is 1. The summed E-state index contributed by atoms with van der Waals surface area (Å²) in [6.07, 6.45) is -2.74. The van der Waals surface area contributed by atoms with Crippen LogP contribution in [0.15, 0.2) is 39.6 Å². The molecule has 0 saturated carbocycles. The minimum absolute atomic E-state index is 0.0363. The summed E-state index contributed by atoms with van der Waals surface area (Å²) < 4.78 is 46.1. The van der Waals surface area contributed by atoms with E-state index in [9.17, 15) is 18.0 Å². The summed E-state index contributed by atoms with van der Waals surface area (Å²) in [6.45, 7) is 0.948. The Morgan fingerprint density at radius 1 is 1.29 bits per heavy atom. The van der Waals surface area contributed by atoms with Crippen LogP contribution in [0.4, 0.5) is 13.2 Å². The van der Waals surface area contributed by atoms with Gasteiger partial charge in [0.15, 0.2) is 0 Å². The molecule has 0 unspecified atom stereocenters. The van der Waals surface area contributed by atoms with E-state index >= 15 is 0 Å². The highest BCUT2D eigenvalue weighted by atomic mass is 79.9. The van der Waals surface area contributed by atoms with Gasteiger partial charge >= 0.3 is 0 Å². The van der Waals surface area contributed by atoms with E-state index in [-0.39, 0.29) is 28.1 Å². The Hall–Kier alpha value is -2.20. The molecular weight excluding hydrogens is 387 g/mol. The van der Waals surface area contributed by atoms with Gasteiger partial charge in [0.1, 0.15) is 18.2 Å². The van der Waals surface area contributed by atoms with Crippen LogP contribution in [-0.4, -0.2) is 17.6 Å². The Morgan fingerprint density at radius 2 is 2.04 bits per heavy atom. The zero-order valence-electron chi connectivity index (χ0n) is 12.7. The molecule has 0 amide bonds. The van der Waals surface area contributed by atoms with Crippen LogP contribution in [0.5, 0.6) is 5.75 Å². The van der Waals surface area contributed by atoms with Gasteiger partial charge < -0.3 is 9.30 Å².